The average Bonchev–Trinajstić information content (AvgIpc) is 2.71. The Kier molecular flexibility index (Phi) is 21.9. The maximum atomic E-state index is 9.34. The second-order valence-corrected chi connectivity index (χ2v) is 5.46. The van der Waals surface area contributed by atoms with E-state index in [4.69, 9.17) is 16.7 Å². The lowest BCUT2D eigenvalue weighted by molar-refractivity contribution is -0.109. The molecule has 0 spiro atoms. The van der Waals surface area contributed by atoms with Gasteiger partial charge in [0.25, 0.3) is 0 Å². The lowest BCUT2D eigenvalue weighted by atomic mass is 9.98. The third-order valence-corrected chi connectivity index (χ3v) is 3.95. The molecule has 4 nitrogen and oxygen atoms in total. The smallest absolute Gasteiger partial charge is 0.207 e. The minimum Gasteiger partial charge on any atom is -0.395 e. The summed E-state index contributed by atoms with van der Waals surface area (Å²) in [5.41, 5.74) is 1.42. The van der Waals surface area contributed by atoms with Crippen molar-refractivity contribution >= 4 is 18.0 Å². The van der Waals surface area contributed by atoms with Crippen molar-refractivity contribution in [2.45, 2.75) is 47.1 Å². The Hall–Kier alpha value is -1.10. The fourth-order valence-corrected chi connectivity index (χ4v) is 2.57. The topological polar surface area (TPSA) is 52.6 Å². The van der Waals surface area contributed by atoms with Crippen LogP contribution in [0, 0.1) is 5.92 Å². The van der Waals surface area contributed by atoms with E-state index in [9.17, 15) is 4.79 Å². The van der Waals surface area contributed by atoms with Crippen LogP contribution in [-0.4, -0.2) is 48.5 Å². The fourth-order valence-electron chi connectivity index (χ4n) is 2.26. The van der Waals surface area contributed by atoms with Crippen molar-refractivity contribution in [3.8, 4) is 0 Å². The van der Waals surface area contributed by atoms with Crippen molar-refractivity contribution in [2.24, 2.45) is 5.92 Å². The largest absolute Gasteiger partial charge is 0.395 e. The van der Waals surface area contributed by atoms with Crippen molar-refractivity contribution in [2.75, 3.05) is 32.1 Å². The summed E-state index contributed by atoms with van der Waals surface area (Å²) < 4.78 is 0. The molecule has 1 aromatic carbocycles. The molecule has 1 aromatic rings. The van der Waals surface area contributed by atoms with Crippen LogP contribution >= 0.6 is 11.6 Å². The molecule has 1 amide bonds. The van der Waals surface area contributed by atoms with Crippen molar-refractivity contribution in [1.82, 2.24) is 10.2 Å². The Bertz CT molecular complexity index is 369. The van der Waals surface area contributed by atoms with Crippen molar-refractivity contribution in [3.05, 3.63) is 35.9 Å². The average molecular weight is 373 g/mol. The number of halogens is 1. The zero-order valence-electron chi connectivity index (χ0n) is 16.4. The third-order valence-electron chi connectivity index (χ3n) is 3.51. The van der Waals surface area contributed by atoms with Gasteiger partial charge in [-0.25, -0.2) is 0 Å². The van der Waals surface area contributed by atoms with Crippen LogP contribution in [0.2, 0.25) is 0 Å². The number of hydrogen-bond acceptors (Lipinski definition) is 3. The second kappa shape index (κ2) is 20.9. The molecule has 2 rings (SSSR count). The second-order valence-electron chi connectivity index (χ2n) is 5.16. The Morgan fingerprint density at radius 3 is 2.12 bits per heavy atom. The number of benzene rings is 1. The SMILES string of the molecule is CC.CC.ClCC1CCN(Cc2ccccc2)CC1.O=CNCCO. The molecule has 0 aliphatic carbocycles. The first-order valence-electron chi connectivity index (χ1n) is 9.40. The minimum absolute atomic E-state index is 0.0126. The van der Waals surface area contributed by atoms with Gasteiger partial charge in [0.05, 0.1) is 6.61 Å². The van der Waals surface area contributed by atoms with E-state index in [-0.39, 0.29) is 6.61 Å². The zero-order chi connectivity index (χ0) is 19.3. The number of nitrogens with one attached hydrogen (secondary N) is 1. The Morgan fingerprint density at radius 2 is 1.72 bits per heavy atom. The molecular weight excluding hydrogens is 336 g/mol. The summed E-state index contributed by atoms with van der Waals surface area (Å²) in [5.74, 6) is 1.58. The summed E-state index contributed by atoms with van der Waals surface area (Å²) in [5, 5.41) is 10.2. The maximum absolute atomic E-state index is 9.34. The lowest BCUT2D eigenvalue weighted by Crippen LogP contribution is -2.33. The van der Waals surface area contributed by atoms with Crippen LogP contribution in [0.1, 0.15) is 46.1 Å². The van der Waals surface area contributed by atoms with E-state index in [1.807, 2.05) is 27.7 Å². The van der Waals surface area contributed by atoms with Gasteiger partial charge in [-0.15, -0.1) is 11.6 Å². The summed E-state index contributed by atoms with van der Waals surface area (Å²) in [7, 11) is 0. The van der Waals surface area contributed by atoms with Crippen LogP contribution in [0.5, 0.6) is 0 Å². The van der Waals surface area contributed by atoms with Gasteiger partial charge in [0.1, 0.15) is 0 Å². The number of carbonyl (C=O) groups is 1. The predicted molar refractivity (Wildman–Crippen MR) is 109 cm³/mol. The van der Waals surface area contributed by atoms with Crippen LogP contribution in [0.3, 0.4) is 0 Å². The minimum atomic E-state index is 0.0126. The molecule has 1 heterocycles. The van der Waals surface area contributed by atoms with E-state index >= 15 is 0 Å². The number of nitrogens with zero attached hydrogens (tertiary/aromatic N) is 1. The number of alkyl halides is 1. The molecule has 1 fully saturated rings. The van der Waals surface area contributed by atoms with Gasteiger partial charge in [0, 0.05) is 19.0 Å². The van der Waals surface area contributed by atoms with Crippen LogP contribution in [0.4, 0.5) is 0 Å². The molecule has 0 radical (unpaired) electrons. The maximum Gasteiger partial charge on any atom is 0.207 e. The number of carbonyl (C=O) groups excluding carboxylic acids is 1. The molecule has 2 N–H and O–H groups in total. The molecule has 5 heteroatoms. The predicted octanol–water partition coefficient (Wildman–Crippen LogP) is 3.91. The molecule has 0 atom stereocenters. The number of aliphatic hydroxyl groups is 1. The van der Waals surface area contributed by atoms with Gasteiger partial charge in [0.2, 0.25) is 6.41 Å². The highest BCUT2D eigenvalue weighted by atomic mass is 35.5. The highest BCUT2D eigenvalue weighted by Crippen LogP contribution is 2.19. The molecule has 25 heavy (non-hydrogen) atoms. The van der Waals surface area contributed by atoms with E-state index in [0.29, 0.717) is 13.0 Å². The van der Waals surface area contributed by atoms with Crippen LogP contribution in [-0.2, 0) is 11.3 Å². The number of rotatable bonds is 6. The van der Waals surface area contributed by atoms with Gasteiger partial charge >= 0.3 is 0 Å². The number of hydrogen-bond donors (Lipinski definition) is 2. The number of piperidine rings is 1. The first kappa shape index (κ1) is 26.1. The van der Waals surface area contributed by atoms with E-state index in [1.54, 1.807) is 0 Å². The quantitative estimate of drug-likeness (QED) is 0.452. The monoisotopic (exact) mass is 372 g/mol. The summed E-state index contributed by atoms with van der Waals surface area (Å²) in [6.45, 7) is 11.9. The molecule has 0 unspecified atom stereocenters. The zero-order valence-corrected chi connectivity index (χ0v) is 17.1. The molecule has 0 bridgehead atoms. The summed E-state index contributed by atoms with van der Waals surface area (Å²) >= 11 is 5.87. The first-order chi connectivity index (χ1) is 12.3. The third kappa shape index (κ3) is 14.9. The fraction of sp³-hybridized carbons (Fsp3) is 0.650. The Morgan fingerprint density at radius 1 is 1.16 bits per heavy atom. The van der Waals surface area contributed by atoms with Crippen molar-refractivity contribution in [3.63, 3.8) is 0 Å². The van der Waals surface area contributed by atoms with E-state index in [2.05, 4.69) is 40.5 Å². The van der Waals surface area contributed by atoms with Crippen molar-refractivity contribution < 1.29 is 9.90 Å². The number of amides is 1. The van der Waals surface area contributed by atoms with E-state index < -0.39 is 0 Å². The van der Waals surface area contributed by atoms with Gasteiger partial charge in [0.15, 0.2) is 0 Å². The normalized spacial score (nSPS) is 13.8. The highest BCUT2D eigenvalue weighted by molar-refractivity contribution is 6.18. The van der Waals surface area contributed by atoms with E-state index in [0.717, 1.165) is 18.3 Å². The molecule has 0 saturated carbocycles. The molecule has 1 aliphatic rings. The lowest BCUT2D eigenvalue weighted by Gasteiger charge is -2.30. The van der Waals surface area contributed by atoms with Gasteiger partial charge in [-0.2, -0.15) is 0 Å². The van der Waals surface area contributed by atoms with Gasteiger partial charge in [-0.1, -0.05) is 58.0 Å². The Labute approximate surface area is 159 Å². The van der Waals surface area contributed by atoms with Crippen LogP contribution in [0.15, 0.2) is 30.3 Å². The first-order valence-corrected chi connectivity index (χ1v) is 9.93. The van der Waals surface area contributed by atoms with Crippen LogP contribution in [0.25, 0.3) is 0 Å². The van der Waals surface area contributed by atoms with Gasteiger partial charge in [-0.05, 0) is 37.4 Å². The number of likely N-dealkylation sites (tertiary alicyclic amines) is 1. The molecule has 146 valence electrons. The standard InChI is InChI=1S/C13H18ClN.C3H7NO2.2C2H6/c14-10-12-6-8-15(9-7-12)11-13-4-2-1-3-5-13;5-2-1-4-3-6;2*1-2/h1-5,12H,6-11H2;3,5H,1-2H2,(H,4,6);2*1-2H3. The van der Waals surface area contributed by atoms with Gasteiger partial charge < -0.3 is 10.4 Å². The van der Waals surface area contributed by atoms with Crippen LogP contribution < -0.4 is 5.32 Å². The molecule has 0 aromatic heterocycles. The molecule has 1 aliphatic heterocycles. The van der Waals surface area contributed by atoms with Crippen molar-refractivity contribution in [1.29, 1.82) is 0 Å². The Balaban J connectivity index is 0. The number of aliphatic hydroxyl groups excluding tert-OH is 1. The highest BCUT2D eigenvalue weighted by Gasteiger charge is 2.17. The summed E-state index contributed by atoms with van der Waals surface area (Å²) in [6, 6.07) is 10.7. The van der Waals surface area contributed by atoms with Gasteiger partial charge in [-0.3, -0.25) is 9.69 Å². The summed E-state index contributed by atoms with van der Waals surface area (Å²) in [4.78, 5) is 11.9. The summed E-state index contributed by atoms with van der Waals surface area (Å²) in [6.07, 6.45) is 3.07. The molecule has 1 saturated heterocycles. The van der Waals surface area contributed by atoms with E-state index in [1.165, 1.54) is 31.5 Å². The molecular formula is C20H37ClN2O2.